The van der Waals surface area contributed by atoms with Crippen LogP contribution in [0.4, 0.5) is 0 Å². The number of para-hydroxylation sites is 1. The maximum absolute atomic E-state index is 13.3. The molecule has 0 aliphatic carbocycles. The zero-order valence-corrected chi connectivity index (χ0v) is 21.3. The molecule has 0 fully saturated rings. The summed E-state index contributed by atoms with van der Waals surface area (Å²) in [4.78, 5) is 29.5. The molecule has 0 N–H and O–H groups in total. The van der Waals surface area contributed by atoms with Crippen LogP contribution in [0, 0.1) is 6.92 Å². The van der Waals surface area contributed by atoms with Crippen LogP contribution in [0.2, 0.25) is 0 Å². The number of carbonyl (C=O) groups is 1. The number of nitrogens with zero attached hydrogens (tertiary/aromatic N) is 5. The van der Waals surface area contributed by atoms with Gasteiger partial charge in [-0.05, 0) is 49.4 Å². The number of ether oxygens (including phenoxy) is 1. The highest BCUT2D eigenvalue weighted by Crippen LogP contribution is 2.25. The number of hydrogen-bond donors (Lipinski definition) is 0. The molecule has 0 bridgehead atoms. The lowest BCUT2D eigenvalue weighted by atomic mass is 10.1. The summed E-state index contributed by atoms with van der Waals surface area (Å²) in [6, 6.07) is 24.8. The molecule has 8 nitrogen and oxygen atoms in total. The van der Waals surface area contributed by atoms with Crippen molar-refractivity contribution >= 4 is 28.3 Å². The van der Waals surface area contributed by atoms with Crippen molar-refractivity contribution in [2.24, 2.45) is 0 Å². The minimum Gasteiger partial charge on any atom is -0.427 e. The molecule has 0 aliphatic heterocycles. The number of esters is 1. The van der Waals surface area contributed by atoms with Crippen LogP contribution >= 0.6 is 11.3 Å². The van der Waals surface area contributed by atoms with Crippen LogP contribution in [0.15, 0.2) is 89.9 Å². The van der Waals surface area contributed by atoms with Gasteiger partial charge in [0.05, 0.1) is 15.9 Å². The molecule has 3 aromatic heterocycles. The Kier molecular flexibility index (Phi) is 5.89. The van der Waals surface area contributed by atoms with E-state index in [1.54, 1.807) is 24.3 Å². The first kappa shape index (κ1) is 23.5. The Hall–Kier alpha value is -4.89. The maximum Gasteiger partial charge on any atom is 0.308 e. The van der Waals surface area contributed by atoms with Crippen molar-refractivity contribution in [3.8, 4) is 34.1 Å². The number of benzene rings is 3. The topological polar surface area (TPSA) is 91.4 Å². The summed E-state index contributed by atoms with van der Waals surface area (Å²) in [5.41, 5.74) is 5.11. The monoisotopic (exact) mass is 519 g/mol. The molecule has 6 rings (SSSR count). The first-order valence-electron chi connectivity index (χ1n) is 11.9. The summed E-state index contributed by atoms with van der Waals surface area (Å²) >= 11 is 1.27. The molecule has 0 saturated carbocycles. The molecule has 3 aromatic carbocycles. The SMILES string of the molecule is CC(=O)Oc1ccc(-c2nc3sc(=Cc4cn(-c5ccccc5)nc4-c4ccc(C)cc4)c(=O)n3n2)cc1. The largest absolute Gasteiger partial charge is 0.427 e. The lowest BCUT2D eigenvalue weighted by molar-refractivity contribution is -0.131. The Morgan fingerprint density at radius 2 is 1.63 bits per heavy atom. The predicted octanol–water partition coefficient (Wildman–Crippen LogP) is 4.45. The van der Waals surface area contributed by atoms with Crippen molar-refractivity contribution in [2.45, 2.75) is 13.8 Å². The van der Waals surface area contributed by atoms with Crippen LogP contribution in [-0.2, 0) is 4.79 Å². The van der Waals surface area contributed by atoms with E-state index in [9.17, 15) is 9.59 Å². The molecular formula is C29H21N5O3S. The lowest BCUT2D eigenvalue weighted by Gasteiger charge is -2.01. The molecule has 0 amide bonds. The third-order valence-corrected chi connectivity index (χ3v) is 6.89. The highest BCUT2D eigenvalue weighted by atomic mass is 32.1. The van der Waals surface area contributed by atoms with Crippen LogP contribution in [0.5, 0.6) is 5.75 Å². The highest BCUT2D eigenvalue weighted by molar-refractivity contribution is 7.15. The van der Waals surface area contributed by atoms with Gasteiger partial charge in [-0.1, -0.05) is 59.4 Å². The fraction of sp³-hybridized carbons (Fsp3) is 0.0690. The average molecular weight is 520 g/mol. The van der Waals surface area contributed by atoms with Crippen LogP contribution in [0.1, 0.15) is 18.1 Å². The number of hydrogen-bond acceptors (Lipinski definition) is 7. The van der Waals surface area contributed by atoms with Crippen LogP contribution in [0.25, 0.3) is 39.4 Å². The molecule has 0 saturated heterocycles. The van der Waals surface area contributed by atoms with Crippen molar-refractivity contribution in [3.63, 3.8) is 0 Å². The van der Waals surface area contributed by atoms with Gasteiger partial charge in [0, 0.05) is 29.8 Å². The molecule has 0 radical (unpaired) electrons. The van der Waals surface area contributed by atoms with E-state index < -0.39 is 5.97 Å². The van der Waals surface area contributed by atoms with Crippen molar-refractivity contribution in [3.05, 3.63) is 111 Å². The van der Waals surface area contributed by atoms with Gasteiger partial charge in [0.2, 0.25) is 4.96 Å². The van der Waals surface area contributed by atoms with Crippen LogP contribution in [0.3, 0.4) is 0 Å². The van der Waals surface area contributed by atoms with Gasteiger partial charge in [-0.3, -0.25) is 9.59 Å². The van der Waals surface area contributed by atoms with E-state index in [1.165, 1.54) is 22.8 Å². The Labute approximate surface area is 221 Å². The number of aromatic nitrogens is 5. The molecule has 9 heteroatoms. The van der Waals surface area contributed by atoms with Crippen molar-refractivity contribution in [1.82, 2.24) is 24.4 Å². The van der Waals surface area contributed by atoms with Gasteiger partial charge in [0.1, 0.15) is 5.75 Å². The lowest BCUT2D eigenvalue weighted by Crippen LogP contribution is -2.23. The Morgan fingerprint density at radius 1 is 0.921 bits per heavy atom. The van der Waals surface area contributed by atoms with Gasteiger partial charge in [-0.2, -0.15) is 14.6 Å². The number of rotatable bonds is 5. The van der Waals surface area contributed by atoms with Crippen molar-refractivity contribution in [2.75, 3.05) is 0 Å². The smallest absolute Gasteiger partial charge is 0.308 e. The molecule has 186 valence electrons. The van der Waals surface area contributed by atoms with Gasteiger partial charge in [0.25, 0.3) is 5.56 Å². The van der Waals surface area contributed by atoms with Gasteiger partial charge < -0.3 is 4.74 Å². The first-order valence-corrected chi connectivity index (χ1v) is 12.7. The summed E-state index contributed by atoms with van der Waals surface area (Å²) in [6.45, 7) is 3.39. The number of aryl methyl sites for hydroxylation is 1. The van der Waals surface area contributed by atoms with Crippen molar-refractivity contribution < 1.29 is 9.53 Å². The summed E-state index contributed by atoms with van der Waals surface area (Å²) in [5.74, 6) is 0.466. The van der Waals surface area contributed by atoms with Gasteiger partial charge in [-0.25, -0.2) is 4.68 Å². The zero-order valence-electron chi connectivity index (χ0n) is 20.5. The molecule has 0 atom stereocenters. The molecular weight excluding hydrogens is 498 g/mol. The van der Waals surface area contributed by atoms with E-state index in [0.717, 1.165) is 28.1 Å². The van der Waals surface area contributed by atoms with E-state index in [0.29, 0.717) is 26.6 Å². The zero-order chi connectivity index (χ0) is 26.2. The molecule has 38 heavy (non-hydrogen) atoms. The third kappa shape index (κ3) is 4.51. The van der Waals surface area contributed by atoms with E-state index in [-0.39, 0.29) is 5.56 Å². The molecule has 6 aromatic rings. The number of thiazole rings is 1. The highest BCUT2D eigenvalue weighted by Gasteiger charge is 2.15. The first-order chi connectivity index (χ1) is 18.4. The fourth-order valence-electron chi connectivity index (χ4n) is 4.08. The number of carbonyl (C=O) groups excluding carboxylic acids is 1. The maximum atomic E-state index is 13.3. The van der Waals surface area contributed by atoms with E-state index >= 15 is 0 Å². The molecule has 0 spiro atoms. The summed E-state index contributed by atoms with van der Waals surface area (Å²) in [7, 11) is 0. The minimum absolute atomic E-state index is 0.248. The molecule has 0 aliphatic rings. The van der Waals surface area contributed by atoms with Crippen molar-refractivity contribution in [1.29, 1.82) is 0 Å². The second-order valence-electron chi connectivity index (χ2n) is 8.74. The summed E-state index contributed by atoms with van der Waals surface area (Å²) in [5, 5.41) is 9.28. The van der Waals surface area contributed by atoms with Gasteiger partial charge in [0.15, 0.2) is 5.82 Å². The standard InChI is InChI=1S/C29H21N5O3S/c1-18-8-10-20(11-9-18)26-22(17-33(31-26)23-6-4-3-5-7-23)16-25-28(36)34-29(38-25)30-27(32-34)21-12-14-24(15-13-21)37-19(2)35/h3-17H,1-2H3. The van der Waals surface area contributed by atoms with Gasteiger partial charge in [-0.15, -0.1) is 5.10 Å². The van der Waals surface area contributed by atoms with Crippen LogP contribution in [-0.4, -0.2) is 30.3 Å². The second kappa shape index (κ2) is 9.53. The normalized spacial score (nSPS) is 11.8. The Morgan fingerprint density at radius 3 is 2.32 bits per heavy atom. The Balaban J connectivity index is 1.41. The van der Waals surface area contributed by atoms with Gasteiger partial charge >= 0.3 is 5.97 Å². The predicted molar refractivity (Wildman–Crippen MR) is 146 cm³/mol. The van der Waals surface area contributed by atoms with E-state index in [2.05, 4.69) is 10.1 Å². The van der Waals surface area contributed by atoms with E-state index in [1.807, 2.05) is 78.5 Å². The number of fused-ring (bicyclic) bond motifs is 1. The van der Waals surface area contributed by atoms with Crippen LogP contribution < -0.4 is 14.8 Å². The molecule has 0 unspecified atom stereocenters. The minimum atomic E-state index is -0.391. The fourth-order valence-corrected chi connectivity index (χ4v) is 4.98. The summed E-state index contributed by atoms with van der Waals surface area (Å²) in [6.07, 6.45) is 3.77. The summed E-state index contributed by atoms with van der Waals surface area (Å²) < 4.78 is 8.72. The third-order valence-electron chi connectivity index (χ3n) is 5.93. The average Bonchev–Trinajstić information content (AvgIpc) is 3.60. The quantitative estimate of drug-likeness (QED) is 0.247. The van der Waals surface area contributed by atoms with E-state index in [4.69, 9.17) is 9.84 Å². The Bertz CT molecular complexity index is 1890. The molecule has 3 heterocycles. The second-order valence-corrected chi connectivity index (χ2v) is 9.75.